The van der Waals surface area contributed by atoms with E-state index in [2.05, 4.69) is 6.92 Å². The van der Waals surface area contributed by atoms with Crippen molar-refractivity contribution in [3.05, 3.63) is 0 Å². The molecule has 0 aliphatic carbocycles. The molecule has 2 unspecified atom stereocenters. The van der Waals surface area contributed by atoms with Gasteiger partial charge in [0.25, 0.3) is 0 Å². The number of hydrogen-bond donors (Lipinski definition) is 0. The van der Waals surface area contributed by atoms with Crippen molar-refractivity contribution in [2.75, 3.05) is 6.61 Å². The van der Waals surface area contributed by atoms with Crippen LogP contribution in [0, 0.1) is 0 Å². The standard InChI is InChI=1S/C11H20O3/c1-3-4-6-9(2)14-11(12)10-7-5-8-13-10/h9-10H,3-8H2,1-2H3. The molecule has 0 N–H and O–H groups in total. The highest BCUT2D eigenvalue weighted by Crippen LogP contribution is 2.15. The van der Waals surface area contributed by atoms with Gasteiger partial charge >= 0.3 is 5.97 Å². The Morgan fingerprint density at radius 1 is 1.64 bits per heavy atom. The molecule has 0 aromatic carbocycles. The molecule has 0 radical (unpaired) electrons. The van der Waals surface area contributed by atoms with Crippen LogP contribution in [-0.2, 0) is 14.3 Å². The summed E-state index contributed by atoms with van der Waals surface area (Å²) in [4.78, 5) is 11.5. The Hall–Kier alpha value is -0.570. The first-order chi connectivity index (χ1) is 6.74. The van der Waals surface area contributed by atoms with E-state index in [1.807, 2.05) is 6.92 Å². The molecular formula is C11H20O3. The fourth-order valence-electron chi connectivity index (χ4n) is 1.59. The Morgan fingerprint density at radius 2 is 2.43 bits per heavy atom. The third-order valence-electron chi connectivity index (χ3n) is 2.47. The highest BCUT2D eigenvalue weighted by Gasteiger charge is 2.26. The Balaban J connectivity index is 2.18. The summed E-state index contributed by atoms with van der Waals surface area (Å²) in [5, 5.41) is 0. The van der Waals surface area contributed by atoms with E-state index < -0.39 is 0 Å². The van der Waals surface area contributed by atoms with Gasteiger partial charge in [-0.1, -0.05) is 19.8 Å². The maximum absolute atomic E-state index is 11.5. The van der Waals surface area contributed by atoms with Crippen molar-refractivity contribution in [1.29, 1.82) is 0 Å². The first-order valence-corrected chi connectivity index (χ1v) is 5.56. The lowest BCUT2D eigenvalue weighted by atomic mass is 10.2. The smallest absolute Gasteiger partial charge is 0.335 e. The average Bonchev–Trinajstić information content (AvgIpc) is 2.67. The van der Waals surface area contributed by atoms with E-state index in [0.29, 0.717) is 6.61 Å². The third kappa shape index (κ3) is 3.66. The molecule has 3 heteroatoms. The summed E-state index contributed by atoms with van der Waals surface area (Å²) in [6.45, 7) is 4.78. The monoisotopic (exact) mass is 200 g/mol. The third-order valence-corrected chi connectivity index (χ3v) is 2.47. The fraction of sp³-hybridized carbons (Fsp3) is 0.909. The molecule has 0 amide bonds. The van der Waals surface area contributed by atoms with Gasteiger partial charge in [0.05, 0.1) is 6.10 Å². The van der Waals surface area contributed by atoms with Crippen LogP contribution in [0.3, 0.4) is 0 Å². The summed E-state index contributed by atoms with van der Waals surface area (Å²) in [7, 11) is 0. The topological polar surface area (TPSA) is 35.5 Å². The van der Waals surface area contributed by atoms with E-state index in [0.717, 1.165) is 32.1 Å². The van der Waals surface area contributed by atoms with Crippen LogP contribution in [0.4, 0.5) is 0 Å². The van der Waals surface area contributed by atoms with Crippen molar-refractivity contribution in [3.8, 4) is 0 Å². The van der Waals surface area contributed by atoms with Crippen molar-refractivity contribution in [2.24, 2.45) is 0 Å². The van der Waals surface area contributed by atoms with Crippen LogP contribution in [0.5, 0.6) is 0 Å². The van der Waals surface area contributed by atoms with Crippen LogP contribution in [0.1, 0.15) is 46.0 Å². The zero-order valence-corrected chi connectivity index (χ0v) is 9.12. The maximum Gasteiger partial charge on any atom is 0.335 e. The highest BCUT2D eigenvalue weighted by atomic mass is 16.6. The highest BCUT2D eigenvalue weighted by molar-refractivity contribution is 5.75. The summed E-state index contributed by atoms with van der Waals surface area (Å²) in [5.41, 5.74) is 0. The molecule has 1 aliphatic heterocycles. The zero-order chi connectivity index (χ0) is 10.4. The van der Waals surface area contributed by atoms with Gasteiger partial charge in [-0.3, -0.25) is 0 Å². The van der Waals surface area contributed by atoms with Crippen LogP contribution in [0.25, 0.3) is 0 Å². The van der Waals surface area contributed by atoms with E-state index in [-0.39, 0.29) is 18.2 Å². The van der Waals surface area contributed by atoms with E-state index in [9.17, 15) is 4.79 Å². The summed E-state index contributed by atoms with van der Waals surface area (Å²) >= 11 is 0. The van der Waals surface area contributed by atoms with Gasteiger partial charge < -0.3 is 9.47 Å². The number of unbranched alkanes of at least 4 members (excludes halogenated alkanes) is 1. The summed E-state index contributed by atoms with van der Waals surface area (Å²) in [5.74, 6) is -0.175. The van der Waals surface area contributed by atoms with Crippen LogP contribution < -0.4 is 0 Å². The molecule has 3 nitrogen and oxygen atoms in total. The Bertz CT molecular complexity index is 173. The molecule has 1 saturated heterocycles. The molecule has 1 rings (SSSR count). The van der Waals surface area contributed by atoms with Crippen molar-refractivity contribution >= 4 is 5.97 Å². The van der Waals surface area contributed by atoms with Crippen molar-refractivity contribution in [1.82, 2.24) is 0 Å². The number of hydrogen-bond acceptors (Lipinski definition) is 3. The molecule has 1 fully saturated rings. The second-order valence-electron chi connectivity index (χ2n) is 3.89. The Morgan fingerprint density at radius 3 is 3.00 bits per heavy atom. The van der Waals surface area contributed by atoms with E-state index >= 15 is 0 Å². The Kier molecular flexibility index (Phi) is 4.94. The van der Waals surface area contributed by atoms with E-state index in [1.54, 1.807) is 0 Å². The van der Waals surface area contributed by atoms with Crippen molar-refractivity contribution in [2.45, 2.75) is 58.2 Å². The first-order valence-electron chi connectivity index (χ1n) is 5.56. The molecule has 1 aliphatic rings. The predicted molar refractivity (Wildman–Crippen MR) is 54.1 cm³/mol. The maximum atomic E-state index is 11.5. The molecule has 0 saturated carbocycles. The Labute approximate surface area is 85.8 Å². The lowest BCUT2D eigenvalue weighted by Crippen LogP contribution is -2.26. The minimum Gasteiger partial charge on any atom is -0.461 e. The van der Waals surface area contributed by atoms with Crippen molar-refractivity contribution in [3.63, 3.8) is 0 Å². The average molecular weight is 200 g/mol. The van der Waals surface area contributed by atoms with Crippen LogP contribution in [0.2, 0.25) is 0 Å². The van der Waals surface area contributed by atoms with Crippen LogP contribution >= 0.6 is 0 Å². The lowest BCUT2D eigenvalue weighted by Gasteiger charge is -2.15. The van der Waals surface area contributed by atoms with Gasteiger partial charge in [-0.05, 0) is 26.2 Å². The number of carbonyl (C=O) groups is 1. The number of carbonyl (C=O) groups excluding carboxylic acids is 1. The summed E-state index contributed by atoms with van der Waals surface area (Å²) in [6.07, 6.45) is 4.74. The molecule has 0 bridgehead atoms. The first kappa shape index (κ1) is 11.5. The second kappa shape index (κ2) is 6.02. The van der Waals surface area contributed by atoms with Gasteiger partial charge in [0.15, 0.2) is 6.10 Å². The van der Waals surface area contributed by atoms with Crippen LogP contribution in [-0.4, -0.2) is 24.8 Å². The quantitative estimate of drug-likeness (QED) is 0.639. The zero-order valence-electron chi connectivity index (χ0n) is 9.12. The van der Waals surface area contributed by atoms with Gasteiger partial charge in [-0.15, -0.1) is 0 Å². The predicted octanol–water partition coefficient (Wildman–Crippen LogP) is 2.29. The van der Waals surface area contributed by atoms with Gasteiger partial charge in [-0.25, -0.2) is 4.79 Å². The molecule has 0 aromatic heterocycles. The van der Waals surface area contributed by atoms with Crippen molar-refractivity contribution < 1.29 is 14.3 Å². The van der Waals surface area contributed by atoms with Gasteiger partial charge in [0.2, 0.25) is 0 Å². The molecule has 82 valence electrons. The number of esters is 1. The SMILES string of the molecule is CCCCC(C)OC(=O)C1CCCO1. The van der Waals surface area contributed by atoms with Gasteiger partial charge in [0, 0.05) is 6.61 Å². The second-order valence-corrected chi connectivity index (χ2v) is 3.89. The van der Waals surface area contributed by atoms with Gasteiger partial charge in [0.1, 0.15) is 0 Å². The molecule has 1 heterocycles. The molecule has 2 atom stereocenters. The summed E-state index contributed by atoms with van der Waals surface area (Å²) in [6, 6.07) is 0. The summed E-state index contributed by atoms with van der Waals surface area (Å²) < 4.78 is 10.5. The number of ether oxygens (including phenoxy) is 2. The van der Waals surface area contributed by atoms with E-state index in [1.165, 1.54) is 0 Å². The minimum absolute atomic E-state index is 0.0339. The fourth-order valence-corrected chi connectivity index (χ4v) is 1.59. The molecule has 0 spiro atoms. The molecular weight excluding hydrogens is 180 g/mol. The normalized spacial score (nSPS) is 23.4. The number of rotatable bonds is 5. The molecule has 0 aromatic rings. The van der Waals surface area contributed by atoms with Gasteiger partial charge in [-0.2, -0.15) is 0 Å². The lowest BCUT2D eigenvalue weighted by molar-refractivity contribution is -0.159. The minimum atomic E-state index is -0.293. The van der Waals surface area contributed by atoms with Crippen LogP contribution in [0.15, 0.2) is 0 Å². The van der Waals surface area contributed by atoms with E-state index in [4.69, 9.17) is 9.47 Å². The molecule has 14 heavy (non-hydrogen) atoms. The largest absolute Gasteiger partial charge is 0.461 e.